The minimum absolute atomic E-state index is 1.19. The van der Waals surface area contributed by atoms with Crippen molar-refractivity contribution in [3.63, 3.8) is 0 Å². The predicted molar refractivity (Wildman–Crippen MR) is 54.7 cm³/mol. The Morgan fingerprint density at radius 2 is 1.94 bits per heavy atom. The maximum atomic E-state index is 10.7. The number of hydrogen-bond acceptors (Lipinski definition) is 4. The van der Waals surface area contributed by atoms with Crippen LogP contribution in [0, 0.1) is 0 Å². The highest BCUT2D eigenvalue weighted by atomic mass is 32.2. The Labute approximate surface area is 98.3 Å². The minimum Gasteiger partial charge on any atom is -0.741 e. The first-order valence-electron chi connectivity index (χ1n) is 4.89. The van der Waals surface area contributed by atoms with Gasteiger partial charge in [-0.15, -0.1) is 0 Å². The molecule has 0 aromatic rings. The van der Waals surface area contributed by atoms with Crippen LogP contribution in [0.25, 0.3) is 0 Å². The molecule has 0 atom stereocenters. The van der Waals surface area contributed by atoms with E-state index in [1.54, 1.807) is 0 Å². The molecule has 0 spiro atoms. The first-order valence-corrected chi connectivity index (χ1v) is 6.30. The number of alkyl halides is 3. The molecular weight excluding hydrogens is 261 g/mol. The molecule has 0 N–H and O–H groups in total. The number of nitrogens with zero attached hydrogens (tertiary/aromatic N) is 2. The van der Waals surface area contributed by atoms with Gasteiger partial charge >= 0.3 is 5.51 Å². The molecule has 0 radical (unpaired) electrons. The third-order valence-corrected chi connectivity index (χ3v) is 2.46. The summed E-state index contributed by atoms with van der Waals surface area (Å²) in [4.78, 5) is 2.36. The van der Waals surface area contributed by atoms with E-state index in [1.165, 1.54) is 26.1 Å². The maximum Gasteiger partial charge on any atom is 0.485 e. The Kier molecular flexibility index (Phi) is 5.89. The van der Waals surface area contributed by atoms with Crippen molar-refractivity contribution in [2.24, 2.45) is 0 Å². The second kappa shape index (κ2) is 6.20. The normalized spacial score (nSPS) is 16.4. The molecule has 0 bridgehead atoms. The summed E-state index contributed by atoms with van der Waals surface area (Å²) in [5, 5.41) is 0. The van der Waals surface area contributed by atoms with E-state index < -0.39 is 15.6 Å². The SMILES string of the molecule is CCCN1C=[N+](C)CC1.O=S(=O)([O-])C(F)(F)F. The lowest BCUT2D eigenvalue weighted by atomic mass is 10.4. The number of rotatable bonds is 2. The summed E-state index contributed by atoms with van der Waals surface area (Å²) < 4.78 is 61.1. The Hall–Kier alpha value is -0.830. The first-order chi connectivity index (χ1) is 7.58. The Bertz CT molecular complexity index is 365. The molecule has 5 nitrogen and oxygen atoms in total. The lowest BCUT2D eigenvalue weighted by molar-refractivity contribution is -0.482. The van der Waals surface area contributed by atoms with Crippen molar-refractivity contribution in [3.05, 3.63) is 0 Å². The molecule has 0 amide bonds. The van der Waals surface area contributed by atoms with Gasteiger partial charge in [0, 0.05) is 0 Å². The molecule has 1 aliphatic rings. The number of hydrogen-bond donors (Lipinski definition) is 0. The van der Waals surface area contributed by atoms with Crippen molar-refractivity contribution < 1.29 is 30.7 Å². The van der Waals surface area contributed by atoms with Gasteiger partial charge in [0.25, 0.3) is 0 Å². The van der Waals surface area contributed by atoms with Gasteiger partial charge in [0.05, 0.1) is 13.6 Å². The highest BCUT2D eigenvalue weighted by molar-refractivity contribution is 7.86. The molecule has 1 aliphatic heterocycles. The zero-order chi connectivity index (χ0) is 13.7. The van der Waals surface area contributed by atoms with Gasteiger partial charge in [-0.05, 0) is 6.42 Å². The summed E-state index contributed by atoms with van der Waals surface area (Å²) in [6.45, 7) is 5.83. The Morgan fingerprint density at radius 1 is 1.47 bits per heavy atom. The molecule has 17 heavy (non-hydrogen) atoms. The third kappa shape index (κ3) is 6.47. The van der Waals surface area contributed by atoms with E-state index in [9.17, 15) is 13.2 Å². The van der Waals surface area contributed by atoms with Crippen molar-refractivity contribution in [1.82, 2.24) is 4.90 Å². The molecule has 1 heterocycles. The van der Waals surface area contributed by atoms with Gasteiger partial charge < -0.3 is 4.55 Å². The van der Waals surface area contributed by atoms with E-state index >= 15 is 0 Å². The van der Waals surface area contributed by atoms with Crippen molar-refractivity contribution in [1.29, 1.82) is 0 Å². The van der Waals surface area contributed by atoms with Gasteiger partial charge in [-0.1, -0.05) is 6.92 Å². The van der Waals surface area contributed by atoms with Crippen LogP contribution in [0.3, 0.4) is 0 Å². The van der Waals surface area contributed by atoms with Crippen molar-refractivity contribution in [2.45, 2.75) is 18.9 Å². The molecule has 1 rings (SSSR count). The fourth-order valence-electron chi connectivity index (χ4n) is 1.14. The van der Waals surface area contributed by atoms with Gasteiger partial charge in [0.15, 0.2) is 10.1 Å². The second-order valence-corrected chi connectivity index (χ2v) is 4.90. The van der Waals surface area contributed by atoms with Crippen LogP contribution in [-0.2, 0) is 10.1 Å². The van der Waals surface area contributed by atoms with E-state index in [0.29, 0.717) is 0 Å². The van der Waals surface area contributed by atoms with E-state index in [1.807, 2.05) is 0 Å². The van der Waals surface area contributed by atoms with Crippen LogP contribution in [0.5, 0.6) is 0 Å². The summed E-state index contributed by atoms with van der Waals surface area (Å²) in [6.07, 6.45) is 3.45. The van der Waals surface area contributed by atoms with Gasteiger partial charge in [0.2, 0.25) is 6.34 Å². The molecule has 0 unspecified atom stereocenters. The fourth-order valence-corrected chi connectivity index (χ4v) is 1.14. The molecule has 0 aromatic heterocycles. The number of likely N-dealkylation sites (N-methyl/N-ethyl adjacent to an activating group) is 1. The van der Waals surface area contributed by atoms with Crippen molar-refractivity contribution in [2.75, 3.05) is 26.7 Å². The van der Waals surface area contributed by atoms with Crippen molar-refractivity contribution in [3.8, 4) is 0 Å². The zero-order valence-electron chi connectivity index (χ0n) is 9.57. The highest BCUT2D eigenvalue weighted by Gasteiger charge is 2.36. The zero-order valence-corrected chi connectivity index (χ0v) is 10.4. The third-order valence-electron chi connectivity index (χ3n) is 1.89. The van der Waals surface area contributed by atoms with Crippen LogP contribution in [-0.4, -0.2) is 61.0 Å². The molecule has 0 saturated heterocycles. The van der Waals surface area contributed by atoms with Crippen LogP contribution < -0.4 is 0 Å². The summed E-state index contributed by atoms with van der Waals surface area (Å²) in [5.41, 5.74) is -5.65. The van der Waals surface area contributed by atoms with Gasteiger partial charge in [0.1, 0.15) is 13.1 Å². The lowest BCUT2D eigenvalue weighted by Gasteiger charge is -2.08. The van der Waals surface area contributed by atoms with E-state index in [-0.39, 0.29) is 0 Å². The molecule has 0 fully saturated rings. The quantitative estimate of drug-likeness (QED) is 0.417. The van der Waals surface area contributed by atoms with Crippen LogP contribution in [0.4, 0.5) is 13.2 Å². The summed E-state index contributed by atoms with van der Waals surface area (Å²) in [5.74, 6) is 0. The van der Waals surface area contributed by atoms with Gasteiger partial charge in [-0.2, -0.15) is 13.2 Å². The van der Waals surface area contributed by atoms with Crippen molar-refractivity contribution >= 4 is 16.5 Å². The molecular formula is C8H15F3N2O3S. The van der Waals surface area contributed by atoms with Gasteiger partial charge in [-0.3, -0.25) is 9.48 Å². The van der Waals surface area contributed by atoms with Crippen LogP contribution >= 0.6 is 0 Å². The predicted octanol–water partition coefficient (Wildman–Crippen LogP) is 0.434. The Balaban J connectivity index is 0.000000304. The molecule has 9 heteroatoms. The average Bonchev–Trinajstić information content (AvgIpc) is 2.49. The molecule has 0 saturated carbocycles. The lowest BCUT2D eigenvalue weighted by Crippen LogP contribution is -2.21. The fraction of sp³-hybridized carbons (Fsp3) is 0.875. The highest BCUT2D eigenvalue weighted by Crippen LogP contribution is 2.20. The standard InChI is InChI=1S/C7H15N2.CHF3O3S/c1-3-4-9-6-5-8(2)7-9;2-1(3,4)8(5,6)7/h7H,3-6H2,1-2H3;(H,5,6,7)/q+1;/p-1. The molecule has 0 aliphatic carbocycles. The number of halogens is 3. The summed E-state index contributed by atoms with van der Waals surface area (Å²) in [6, 6.07) is 0. The van der Waals surface area contributed by atoms with Crippen LogP contribution in [0.15, 0.2) is 0 Å². The topological polar surface area (TPSA) is 63.5 Å². The first kappa shape index (κ1) is 16.2. The monoisotopic (exact) mass is 276 g/mol. The summed E-state index contributed by atoms with van der Waals surface area (Å²) in [7, 11) is -3.97. The van der Waals surface area contributed by atoms with Crippen LogP contribution in [0.1, 0.15) is 13.3 Å². The average molecular weight is 276 g/mol. The Morgan fingerprint density at radius 3 is 2.18 bits per heavy atom. The molecule has 0 aromatic carbocycles. The van der Waals surface area contributed by atoms with E-state index in [4.69, 9.17) is 13.0 Å². The van der Waals surface area contributed by atoms with Gasteiger partial charge in [-0.25, -0.2) is 8.42 Å². The maximum absolute atomic E-state index is 10.7. The van der Waals surface area contributed by atoms with E-state index in [0.717, 1.165) is 0 Å². The smallest absolute Gasteiger partial charge is 0.485 e. The minimum atomic E-state index is -6.09. The second-order valence-electron chi connectivity index (χ2n) is 3.53. The largest absolute Gasteiger partial charge is 0.741 e. The van der Waals surface area contributed by atoms with E-state index in [2.05, 4.69) is 29.8 Å². The van der Waals surface area contributed by atoms with Crippen LogP contribution in [0.2, 0.25) is 0 Å². The molecule has 102 valence electrons. The summed E-state index contributed by atoms with van der Waals surface area (Å²) >= 11 is 0.